The summed E-state index contributed by atoms with van der Waals surface area (Å²) in [7, 11) is -3.36. The summed E-state index contributed by atoms with van der Waals surface area (Å²) >= 11 is 1.11. The lowest BCUT2D eigenvalue weighted by Crippen LogP contribution is -2.25. The molecule has 0 unspecified atom stereocenters. The van der Waals surface area contributed by atoms with Gasteiger partial charge < -0.3 is 5.32 Å². The lowest BCUT2D eigenvalue weighted by molar-refractivity contribution is -0.120. The summed E-state index contributed by atoms with van der Waals surface area (Å²) in [5.74, 6) is 0.0991. The predicted molar refractivity (Wildman–Crippen MR) is 70.3 cm³/mol. The molecule has 0 saturated heterocycles. The minimum atomic E-state index is -3.36. The topological polar surface area (TPSA) is 143 Å². The SMILES string of the molecule is CS(=O)(=O)Nc1nc(CC(=O)NCc2nn[nH]n2)cs1. The second-order valence-corrected chi connectivity index (χ2v) is 6.41. The van der Waals surface area contributed by atoms with Gasteiger partial charge in [0, 0.05) is 5.38 Å². The van der Waals surface area contributed by atoms with Crippen molar-refractivity contribution in [1.29, 1.82) is 0 Å². The molecule has 20 heavy (non-hydrogen) atoms. The van der Waals surface area contributed by atoms with E-state index in [4.69, 9.17) is 0 Å². The van der Waals surface area contributed by atoms with Gasteiger partial charge in [0.1, 0.15) is 0 Å². The van der Waals surface area contributed by atoms with Crippen molar-refractivity contribution >= 4 is 32.4 Å². The Hall–Kier alpha value is -2.08. The normalized spacial score (nSPS) is 11.2. The zero-order valence-electron chi connectivity index (χ0n) is 10.3. The average Bonchev–Trinajstić information content (AvgIpc) is 2.96. The van der Waals surface area contributed by atoms with Crippen LogP contribution in [0.25, 0.3) is 0 Å². The Bertz CT molecular complexity index is 679. The first kappa shape index (κ1) is 14.3. The minimum Gasteiger partial charge on any atom is -0.348 e. The number of tetrazole rings is 1. The van der Waals surface area contributed by atoms with Crippen LogP contribution in [-0.2, 0) is 27.8 Å². The van der Waals surface area contributed by atoms with Crippen molar-refractivity contribution in [3.63, 3.8) is 0 Å². The molecule has 0 aromatic carbocycles. The smallest absolute Gasteiger partial charge is 0.231 e. The number of aromatic nitrogens is 5. The number of H-pyrrole nitrogens is 1. The van der Waals surface area contributed by atoms with E-state index in [1.165, 1.54) is 0 Å². The molecule has 2 aromatic heterocycles. The molecule has 0 saturated carbocycles. The molecule has 10 nitrogen and oxygen atoms in total. The van der Waals surface area contributed by atoms with Crippen LogP contribution in [0.3, 0.4) is 0 Å². The van der Waals surface area contributed by atoms with Gasteiger partial charge in [0.05, 0.1) is 24.9 Å². The molecule has 0 aliphatic heterocycles. The molecule has 2 aromatic rings. The summed E-state index contributed by atoms with van der Waals surface area (Å²) in [6, 6.07) is 0. The maximum atomic E-state index is 11.6. The molecule has 0 bridgehead atoms. The molecular formula is C8H11N7O3S2. The molecule has 0 radical (unpaired) electrons. The molecule has 0 aliphatic carbocycles. The number of rotatable bonds is 6. The van der Waals surface area contributed by atoms with E-state index in [1.807, 2.05) is 0 Å². The standard InChI is InChI=1S/C8H11N7O3S2/c1-20(17,18)13-8-10-5(4-19-8)2-7(16)9-3-6-11-14-15-12-6/h4H,2-3H2,1H3,(H,9,16)(H,10,13)(H,11,12,14,15). The Balaban J connectivity index is 1.85. The fourth-order valence-electron chi connectivity index (χ4n) is 1.26. The number of carbonyl (C=O) groups is 1. The second kappa shape index (κ2) is 5.92. The first-order chi connectivity index (χ1) is 9.42. The molecular weight excluding hydrogens is 306 g/mol. The third kappa shape index (κ3) is 4.55. The van der Waals surface area contributed by atoms with Gasteiger partial charge in [-0.25, -0.2) is 13.4 Å². The van der Waals surface area contributed by atoms with Crippen molar-refractivity contribution in [3.8, 4) is 0 Å². The van der Waals surface area contributed by atoms with Gasteiger partial charge in [0.15, 0.2) is 11.0 Å². The number of thiazole rings is 1. The molecule has 3 N–H and O–H groups in total. The Morgan fingerprint density at radius 2 is 2.30 bits per heavy atom. The van der Waals surface area contributed by atoms with Gasteiger partial charge in [-0.2, -0.15) is 5.21 Å². The van der Waals surface area contributed by atoms with Gasteiger partial charge in [-0.3, -0.25) is 9.52 Å². The maximum Gasteiger partial charge on any atom is 0.231 e. The largest absolute Gasteiger partial charge is 0.348 e. The first-order valence-electron chi connectivity index (χ1n) is 5.33. The number of hydrogen-bond donors (Lipinski definition) is 3. The molecule has 2 heterocycles. The first-order valence-corrected chi connectivity index (χ1v) is 8.11. The zero-order valence-corrected chi connectivity index (χ0v) is 12.0. The van der Waals surface area contributed by atoms with Crippen LogP contribution in [0.2, 0.25) is 0 Å². The number of sulfonamides is 1. The van der Waals surface area contributed by atoms with Gasteiger partial charge in [0.25, 0.3) is 0 Å². The lowest BCUT2D eigenvalue weighted by atomic mass is 10.3. The van der Waals surface area contributed by atoms with Crippen LogP contribution in [0.5, 0.6) is 0 Å². The monoisotopic (exact) mass is 317 g/mol. The third-order valence-electron chi connectivity index (χ3n) is 2.00. The molecule has 2 rings (SSSR count). The third-order valence-corrected chi connectivity index (χ3v) is 3.50. The quantitative estimate of drug-likeness (QED) is 0.612. The van der Waals surface area contributed by atoms with Crippen LogP contribution in [0.4, 0.5) is 5.13 Å². The molecule has 108 valence electrons. The number of nitrogens with one attached hydrogen (secondary N) is 3. The van der Waals surface area contributed by atoms with E-state index in [0.717, 1.165) is 17.6 Å². The summed E-state index contributed by atoms with van der Waals surface area (Å²) in [4.78, 5) is 15.6. The van der Waals surface area contributed by atoms with Crippen molar-refractivity contribution in [1.82, 2.24) is 30.9 Å². The molecule has 12 heteroatoms. The van der Waals surface area contributed by atoms with E-state index in [9.17, 15) is 13.2 Å². The summed E-state index contributed by atoms with van der Waals surface area (Å²) in [5.41, 5.74) is 0.478. The number of aromatic amines is 1. The number of hydrogen-bond acceptors (Lipinski definition) is 8. The van der Waals surface area contributed by atoms with Gasteiger partial charge in [-0.15, -0.1) is 21.5 Å². The van der Waals surface area contributed by atoms with Crippen molar-refractivity contribution in [2.45, 2.75) is 13.0 Å². The number of anilines is 1. The van der Waals surface area contributed by atoms with E-state index in [2.05, 4.69) is 35.6 Å². The highest BCUT2D eigenvalue weighted by molar-refractivity contribution is 7.92. The van der Waals surface area contributed by atoms with Crippen LogP contribution in [0.15, 0.2) is 5.38 Å². The lowest BCUT2D eigenvalue weighted by Gasteiger charge is -2.00. The van der Waals surface area contributed by atoms with Gasteiger partial charge in [-0.05, 0) is 0 Å². The Morgan fingerprint density at radius 3 is 2.95 bits per heavy atom. The van der Waals surface area contributed by atoms with E-state index in [1.54, 1.807) is 5.38 Å². The van der Waals surface area contributed by atoms with Crippen molar-refractivity contribution in [2.24, 2.45) is 0 Å². The van der Waals surface area contributed by atoms with Crippen LogP contribution in [0.1, 0.15) is 11.5 Å². The Labute approximate surface area is 118 Å². The number of amides is 1. The summed E-state index contributed by atoms with van der Waals surface area (Å²) in [6.07, 6.45) is 1.07. The number of carbonyl (C=O) groups excluding carboxylic acids is 1. The number of nitrogens with zero attached hydrogens (tertiary/aromatic N) is 4. The Morgan fingerprint density at radius 1 is 1.50 bits per heavy atom. The zero-order chi connectivity index (χ0) is 14.6. The van der Waals surface area contributed by atoms with Gasteiger partial charge in [0.2, 0.25) is 15.9 Å². The summed E-state index contributed by atoms with van der Waals surface area (Å²) in [5, 5.41) is 17.4. The molecule has 1 amide bonds. The molecule has 0 aliphatic rings. The van der Waals surface area contributed by atoms with Gasteiger partial charge in [-0.1, -0.05) is 5.21 Å². The highest BCUT2D eigenvalue weighted by atomic mass is 32.2. The molecule has 0 spiro atoms. The fraction of sp³-hybridized carbons (Fsp3) is 0.375. The highest BCUT2D eigenvalue weighted by Gasteiger charge is 2.10. The minimum absolute atomic E-state index is 0.0415. The highest BCUT2D eigenvalue weighted by Crippen LogP contribution is 2.16. The van der Waals surface area contributed by atoms with Crippen LogP contribution in [-0.4, -0.2) is 46.2 Å². The summed E-state index contributed by atoms with van der Waals surface area (Å²) < 4.78 is 24.3. The maximum absolute atomic E-state index is 11.6. The van der Waals surface area contributed by atoms with Crippen LogP contribution in [0, 0.1) is 0 Å². The Kier molecular flexibility index (Phi) is 4.24. The van der Waals surface area contributed by atoms with E-state index in [-0.39, 0.29) is 24.0 Å². The van der Waals surface area contributed by atoms with Crippen LogP contribution >= 0.6 is 11.3 Å². The van der Waals surface area contributed by atoms with E-state index >= 15 is 0 Å². The van der Waals surface area contributed by atoms with Crippen molar-refractivity contribution in [2.75, 3.05) is 11.0 Å². The average molecular weight is 317 g/mol. The predicted octanol–water partition coefficient (Wildman–Crippen LogP) is -1.11. The van der Waals surface area contributed by atoms with E-state index < -0.39 is 10.0 Å². The fourth-order valence-corrected chi connectivity index (χ4v) is 2.82. The van der Waals surface area contributed by atoms with Gasteiger partial charge >= 0.3 is 0 Å². The second-order valence-electron chi connectivity index (χ2n) is 3.80. The summed E-state index contributed by atoms with van der Waals surface area (Å²) in [6.45, 7) is 0.161. The van der Waals surface area contributed by atoms with Crippen molar-refractivity contribution in [3.05, 3.63) is 16.9 Å². The molecule has 0 fully saturated rings. The molecule has 0 atom stereocenters. The van der Waals surface area contributed by atoms with Crippen LogP contribution < -0.4 is 10.0 Å². The van der Waals surface area contributed by atoms with E-state index in [0.29, 0.717) is 11.5 Å². The van der Waals surface area contributed by atoms with Crippen molar-refractivity contribution < 1.29 is 13.2 Å².